The number of aromatic nitrogens is 2. The second-order valence-electron chi connectivity index (χ2n) is 6.15. The molecule has 0 aliphatic rings. The monoisotopic (exact) mass is 313 g/mol. The van der Waals surface area contributed by atoms with Crippen LogP contribution >= 0.6 is 0 Å². The van der Waals surface area contributed by atoms with Crippen LogP contribution in [0.15, 0.2) is 24.3 Å². The van der Waals surface area contributed by atoms with Gasteiger partial charge in [-0.25, -0.2) is 0 Å². The number of hydrogen-bond donors (Lipinski definition) is 1. The van der Waals surface area contributed by atoms with Gasteiger partial charge in [-0.2, -0.15) is 5.10 Å². The van der Waals surface area contributed by atoms with Crippen molar-refractivity contribution in [2.45, 2.75) is 52.9 Å². The molecule has 0 saturated carbocycles. The van der Waals surface area contributed by atoms with E-state index in [1.54, 1.807) is 0 Å². The predicted molar refractivity (Wildman–Crippen MR) is 94.7 cm³/mol. The van der Waals surface area contributed by atoms with Crippen LogP contribution < -0.4 is 5.32 Å². The van der Waals surface area contributed by atoms with E-state index in [1.807, 2.05) is 37.7 Å². The van der Waals surface area contributed by atoms with Gasteiger partial charge in [-0.05, 0) is 44.4 Å². The standard InChI is InChI=1S/C19H27N3O/c1-5-6-7-8-16-9-11-17(12-10-16)20-19(23)13-18-14(2)21-22(4)15(18)3/h9-12H,5-8,13H2,1-4H3,(H,20,23). The van der Waals surface area contributed by atoms with E-state index in [4.69, 9.17) is 0 Å². The van der Waals surface area contributed by atoms with Crippen LogP contribution in [0, 0.1) is 13.8 Å². The summed E-state index contributed by atoms with van der Waals surface area (Å²) in [5.41, 5.74) is 5.17. The molecule has 23 heavy (non-hydrogen) atoms. The Morgan fingerprint density at radius 3 is 2.43 bits per heavy atom. The van der Waals surface area contributed by atoms with Crippen LogP contribution in [0.2, 0.25) is 0 Å². The van der Waals surface area contributed by atoms with Gasteiger partial charge in [0.1, 0.15) is 0 Å². The first-order valence-electron chi connectivity index (χ1n) is 8.39. The number of nitrogens with one attached hydrogen (secondary N) is 1. The van der Waals surface area contributed by atoms with Crippen molar-refractivity contribution in [3.63, 3.8) is 0 Å². The van der Waals surface area contributed by atoms with Crippen LogP contribution in [0.5, 0.6) is 0 Å². The summed E-state index contributed by atoms with van der Waals surface area (Å²) in [4.78, 5) is 12.2. The van der Waals surface area contributed by atoms with Gasteiger partial charge in [0, 0.05) is 24.0 Å². The molecular weight excluding hydrogens is 286 g/mol. The molecule has 2 rings (SSSR count). The Hall–Kier alpha value is -2.10. The molecule has 1 aromatic heterocycles. The summed E-state index contributed by atoms with van der Waals surface area (Å²) in [6.07, 6.45) is 5.20. The molecule has 4 nitrogen and oxygen atoms in total. The van der Waals surface area contributed by atoms with E-state index in [1.165, 1.54) is 24.8 Å². The third-order valence-electron chi connectivity index (χ3n) is 4.30. The van der Waals surface area contributed by atoms with Gasteiger partial charge in [0.2, 0.25) is 5.91 Å². The first-order chi connectivity index (χ1) is 11.0. The molecule has 0 spiro atoms. The average Bonchev–Trinajstić information content (AvgIpc) is 2.76. The number of rotatable bonds is 7. The number of anilines is 1. The zero-order valence-electron chi connectivity index (χ0n) is 14.6. The predicted octanol–water partition coefficient (Wildman–Crippen LogP) is 3.95. The summed E-state index contributed by atoms with van der Waals surface area (Å²) >= 11 is 0. The number of carbonyl (C=O) groups excluding carboxylic acids is 1. The van der Waals surface area contributed by atoms with Crippen LogP contribution in [0.1, 0.15) is 48.7 Å². The van der Waals surface area contributed by atoms with Crippen LogP contribution in [0.4, 0.5) is 5.69 Å². The smallest absolute Gasteiger partial charge is 0.228 e. The minimum absolute atomic E-state index is 0.00272. The molecule has 0 radical (unpaired) electrons. The SMILES string of the molecule is CCCCCc1ccc(NC(=O)Cc2c(C)nn(C)c2C)cc1. The van der Waals surface area contributed by atoms with E-state index >= 15 is 0 Å². The molecule has 0 atom stereocenters. The topological polar surface area (TPSA) is 46.9 Å². The number of carbonyl (C=O) groups is 1. The van der Waals surface area contributed by atoms with Gasteiger partial charge < -0.3 is 5.32 Å². The molecule has 4 heteroatoms. The number of aryl methyl sites for hydroxylation is 3. The van der Waals surface area contributed by atoms with E-state index in [9.17, 15) is 4.79 Å². The minimum atomic E-state index is 0.00272. The normalized spacial score (nSPS) is 10.8. The summed E-state index contributed by atoms with van der Waals surface area (Å²) < 4.78 is 1.82. The third kappa shape index (κ3) is 4.68. The Balaban J connectivity index is 1.92. The molecular formula is C19H27N3O. The zero-order chi connectivity index (χ0) is 16.8. The summed E-state index contributed by atoms with van der Waals surface area (Å²) in [6.45, 7) is 6.15. The highest BCUT2D eigenvalue weighted by Crippen LogP contribution is 2.15. The van der Waals surface area contributed by atoms with E-state index in [0.717, 1.165) is 29.1 Å². The van der Waals surface area contributed by atoms with Crippen LogP contribution in [-0.2, 0) is 24.7 Å². The van der Waals surface area contributed by atoms with Crippen molar-refractivity contribution >= 4 is 11.6 Å². The number of unbranched alkanes of at least 4 members (excludes halogenated alkanes) is 2. The maximum absolute atomic E-state index is 12.2. The number of benzene rings is 1. The van der Waals surface area contributed by atoms with Gasteiger partial charge in [-0.15, -0.1) is 0 Å². The lowest BCUT2D eigenvalue weighted by Crippen LogP contribution is -2.15. The second-order valence-corrected chi connectivity index (χ2v) is 6.15. The highest BCUT2D eigenvalue weighted by molar-refractivity contribution is 5.92. The van der Waals surface area contributed by atoms with Gasteiger partial charge >= 0.3 is 0 Å². The summed E-state index contributed by atoms with van der Waals surface area (Å²) in [7, 11) is 1.90. The molecule has 1 heterocycles. The van der Waals surface area contributed by atoms with Gasteiger partial charge in [0.15, 0.2) is 0 Å². The number of amides is 1. The lowest BCUT2D eigenvalue weighted by Gasteiger charge is -2.07. The lowest BCUT2D eigenvalue weighted by molar-refractivity contribution is -0.115. The fraction of sp³-hybridized carbons (Fsp3) is 0.474. The van der Waals surface area contributed by atoms with E-state index in [2.05, 4.69) is 29.5 Å². The van der Waals surface area contributed by atoms with E-state index in [0.29, 0.717) is 6.42 Å². The third-order valence-corrected chi connectivity index (χ3v) is 4.30. The number of hydrogen-bond acceptors (Lipinski definition) is 2. The van der Waals surface area contributed by atoms with Crippen molar-refractivity contribution in [1.82, 2.24) is 9.78 Å². The summed E-state index contributed by atoms with van der Waals surface area (Å²) in [5, 5.41) is 7.33. The molecule has 0 aliphatic carbocycles. The maximum Gasteiger partial charge on any atom is 0.228 e. The average molecular weight is 313 g/mol. The Labute approximate surface area is 138 Å². The summed E-state index contributed by atoms with van der Waals surface area (Å²) in [5.74, 6) is 0.00272. The van der Waals surface area contributed by atoms with Gasteiger partial charge in [-0.3, -0.25) is 9.48 Å². The first-order valence-corrected chi connectivity index (χ1v) is 8.39. The Morgan fingerprint density at radius 2 is 1.87 bits per heavy atom. The number of nitrogens with zero attached hydrogens (tertiary/aromatic N) is 2. The molecule has 0 aliphatic heterocycles. The molecule has 1 amide bonds. The minimum Gasteiger partial charge on any atom is -0.326 e. The highest BCUT2D eigenvalue weighted by Gasteiger charge is 2.13. The molecule has 0 unspecified atom stereocenters. The van der Waals surface area contributed by atoms with E-state index in [-0.39, 0.29) is 5.91 Å². The van der Waals surface area contributed by atoms with E-state index < -0.39 is 0 Å². The van der Waals surface area contributed by atoms with Crippen molar-refractivity contribution in [3.8, 4) is 0 Å². The molecule has 0 saturated heterocycles. The quantitative estimate of drug-likeness (QED) is 0.787. The van der Waals surface area contributed by atoms with Gasteiger partial charge in [0.25, 0.3) is 0 Å². The van der Waals surface area contributed by atoms with Crippen LogP contribution in [0.25, 0.3) is 0 Å². The Morgan fingerprint density at radius 1 is 1.17 bits per heavy atom. The molecule has 2 aromatic rings. The Kier molecular flexibility index (Phi) is 5.97. The van der Waals surface area contributed by atoms with Crippen LogP contribution in [-0.4, -0.2) is 15.7 Å². The maximum atomic E-state index is 12.2. The van der Waals surface area contributed by atoms with Crippen molar-refractivity contribution in [1.29, 1.82) is 0 Å². The van der Waals surface area contributed by atoms with Crippen molar-refractivity contribution in [2.75, 3.05) is 5.32 Å². The van der Waals surface area contributed by atoms with Crippen LogP contribution in [0.3, 0.4) is 0 Å². The Bertz CT molecular complexity index is 656. The largest absolute Gasteiger partial charge is 0.326 e. The van der Waals surface area contributed by atoms with Crippen molar-refractivity contribution < 1.29 is 4.79 Å². The zero-order valence-corrected chi connectivity index (χ0v) is 14.6. The molecule has 0 fully saturated rings. The fourth-order valence-corrected chi connectivity index (χ4v) is 2.77. The molecule has 0 bridgehead atoms. The fourth-order valence-electron chi connectivity index (χ4n) is 2.77. The van der Waals surface area contributed by atoms with Gasteiger partial charge in [0.05, 0.1) is 12.1 Å². The molecule has 124 valence electrons. The summed E-state index contributed by atoms with van der Waals surface area (Å²) in [6, 6.07) is 8.18. The first kappa shape index (κ1) is 17.3. The highest BCUT2D eigenvalue weighted by atomic mass is 16.1. The van der Waals surface area contributed by atoms with Crippen molar-refractivity contribution in [3.05, 3.63) is 46.8 Å². The van der Waals surface area contributed by atoms with Gasteiger partial charge in [-0.1, -0.05) is 31.9 Å². The lowest BCUT2D eigenvalue weighted by atomic mass is 10.1. The van der Waals surface area contributed by atoms with Crippen molar-refractivity contribution in [2.24, 2.45) is 7.05 Å². The second kappa shape index (κ2) is 7.95. The molecule has 1 aromatic carbocycles. The molecule has 1 N–H and O–H groups in total.